The first-order valence-corrected chi connectivity index (χ1v) is 8.28. The summed E-state index contributed by atoms with van der Waals surface area (Å²) < 4.78 is 0. The van der Waals surface area contributed by atoms with Crippen molar-refractivity contribution in [2.24, 2.45) is 11.8 Å². The number of carbonyl (C=O) groups excluding carboxylic acids is 2. The van der Waals surface area contributed by atoms with Crippen molar-refractivity contribution < 1.29 is 9.59 Å². The second-order valence-corrected chi connectivity index (χ2v) is 6.36. The van der Waals surface area contributed by atoms with Crippen LogP contribution in [0.15, 0.2) is 6.33 Å². The number of rotatable bonds is 5. The summed E-state index contributed by atoms with van der Waals surface area (Å²) in [6.07, 6.45) is 6.51. The van der Waals surface area contributed by atoms with Crippen molar-refractivity contribution in [1.29, 1.82) is 0 Å². The van der Waals surface area contributed by atoms with Crippen LogP contribution in [0.2, 0.25) is 0 Å². The average molecular weight is 304 g/mol. The summed E-state index contributed by atoms with van der Waals surface area (Å²) in [5.41, 5.74) is 1.37. The Morgan fingerprint density at radius 2 is 2.23 bits per heavy atom. The highest BCUT2D eigenvalue weighted by Crippen LogP contribution is 2.28. The van der Waals surface area contributed by atoms with E-state index in [0.717, 1.165) is 31.5 Å². The zero-order chi connectivity index (χ0) is 15.5. The van der Waals surface area contributed by atoms with Crippen molar-refractivity contribution in [2.75, 3.05) is 19.6 Å². The Bertz CT molecular complexity index is 550. The predicted molar refractivity (Wildman–Crippen MR) is 82.3 cm³/mol. The number of aromatic amines is 1. The van der Waals surface area contributed by atoms with Crippen LogP contribution in [0.3, 0.4) is 0 Å². The van der Waals surface area contributed by atoms with Crippen molar-refractivity contribution in [3.8, 4) is 0 Å². The number of piperidine rings is 1. The third kappa shape index (κ3) is 3.31. The third-order valence-electron chi connectivity index (χ3n) is 4.62. The molecule has 3 rings (SSSR count). The molecular formula is C16H24N4O2. The molecule has 1 unspecified atom stereocenters. The first-order chi connectivity index (χ1) is 10.7. The second kappa shape index (κ2) is 6.50. The number of hydrogen-bond acceptors (Lipinski definition) is 3. The van der Waals surface area contributed by atoms with E-state index in [0.29, 0.717) is 24.7 Å². The Kier molecular flexibility index (Phi) is 4.45. The monoisotopic (exact) mass is 304 g/mol. The van der Waals surface area contributed by atoms with Gasteiger partial charge in [-0.2, -0.15) is 0 Å². The molecule has 2 amide bonds. The lowest BCUT2D eigenvalue weighted by molar-refractivity contribution is -0.126. The largest absolute Gasteiger partial charge is 0.356 e. The van der Waals surface area contributed by atoms with Crippen molar-refractivity contribution >= 4 is 11.8 Å². The summed E-state index contributed by atoms with van der Waals surface area (Å²) >= 11 is 0. The van der Waals surface area contributed by atoms with Crippen LogP contribution in [0.4, 0.5) is 0 Å². The van der Waals surface area contributed by atoms with E-state index in [-0.39, 0.29) is 17.7 Å². The summed E-state index contributed by atoms with van der Waals surface area (Å²) in [6.45, 7) is 4.00. The van der Waals surface area contributed by atoms with Crippen LogP contribution in [0.5, 0.6) is 0 Å². The molecule has 2 fully saturated rings. The van der Waals surface area contributed by atoms with E-state index < -0.39 is 0 Å². The highest BCUT2D eigenvalue weighted by atomic mass is 16.2. The normalized spacial score (nSPS) is 21.7. The molecule has 1 saturated heterocycles. The van der Waals surface area contributed by atoms with Crippen LogP contribution in [-0.2, 0) is 11.2 Å². The van der Waals surface area contributed by atoms with Crippen LogP contribution in [0.1, 0.15) is 48.8 Å². The number of likely N-dealkylation sites (tertiary alicyclic amines) is 1. The minimum absolute atomic E-state index is 0.0576. The van der Waals surface area contributed by atoms with Gasteiger partial charge in [-0.25, -0.2) is 4.98 Å². The molecule has 2 heterocycles. The molecule has 1 aromatic heterocycles. The molecule has 6 heteroatoms. The molecule has 1 atom stereocenters. The van der Waals surface area contributed by atoms with E-state index in [1.807, 2.05) is 6.92 Å². The fourth-order valence-corrected chi connectivity index (χ4v) is 3.01. The summed E-state index contributed by atoms with van der Waals surface area (Å²) in [6, 6.07) is 0. The van der Waals surface area contributed by atoms with Gasteiger partial charge in [0.05, 0.1) is 12.2 Å². The van der Waals surface area contributed by atoms with E-state index in [4.69, 9.17) is 0 Å². The molecule has 1 aliphatic heterocycles. The Morgan fingerprint density at radius 1 is 1.41 bits per heavy atom. The molecule has 22 heavy (non-hydrogen) atoms. The van der Waals surface area contributed by atoms with Crippen LogP contribution >= 0.6 is 0 Å². The lowest BCUT2D eigenvalue weighted by atomic mass is 9.96. The molecule has 6 nitrogen and oxygen atoms in total. The molecule has 1 saturated carbocycles. The molecule has 0 radical (unpaired) electrons. The Balaban J connectivity index is 1.59. The standard InChI is InChI=1S/C16H24N4O2/c1-2-13-14(19-10-18-13)16(22)20-7-3-4-12(9-20)15(21)17-8-11-5-6-11/h10-12H,2-9H2,1H3,(H,17,21)(H,18,19). The molecule has 0 spiro atoms. The van der Waals surface area contributed by atoms with Crippen molar-refractivity contribution in [3.63, 3.8) is 0 Å². The maximum absolute atomic E-state index is 12.6. The Morgan fingerprint density at radius 3 is 2.95 bits per heavy atom. The first-order valence-electron chi connectivity index (χ1n) is 8.28. The summed E-state index contributed by atoms with van der Waals surface area (Å²) in [5, 5.41) is 3.03. The van der Waals surface area contributed by atoms with Crippen LogP contribution in [0, 0.1) is 11.8 Å². The van der Waals surface area contributed by atoms with Gasteiger partial charge < -0.3 is 15.2 Å². The number of aromatic nitrogens is 2. The molecular weight excluding hydrogens is 280 g/mol. The van der Waals surface area contributed by atoms with Crippen molar-refractivity contribution in [1.82, 2.24) is 20.2 Å². The number of carbonyl (C=O) groups is 2. The topological polar surface area (TPSA) is 78.1 Å². The number of aryl methyl sites for hydroxylation is 1. The highest BCUT2D eigenvalue weighted by Gasteiger charge is 2.31. The molecule has 0 bridgehead atoms. The summed E-state index contributed by atoms with van der Waals surface area (Å²) in [7, 11) is 0. The zero-order valence-electron chi connectivity index (χ0n) is 13.1. The molecule has 2 N–H and O–H groups in total. The summed E-state index contributed by atoms with van der Waals surface area (Å²) in [5.74, 6) is 0.641. The smallest absolute Gasteiger partial charge is 0.274 e. The van der Waals surface area contributed by atoms with Gasteiger partial charge in [0.2, 0.25) is 5.91 Å². The second-order valence-electron chi connectivity index (χ2n) is 6.36. The van der Waals surface area contributed by atoms with Gasteiger partial charge in [-0.05, 0) is 38.0 Å². The maximum Gasteiger partial charge on any atom is 0.274 e. The van der Waals surface area contributed by atoms with Crippen molar-refractivity contribution in [3.05, 3.63) is 17.7 Å². The predicted octanol–water partition coefficient (Wildman–Crippen LogP) is 1.35. The highest BCUT2D eigenvalue weighted by molar-refractivity contribution is 5.94. The van der Waals surface area contributed by atoms with Gasteiger partial charge in [0.15, 0.2) is 0 Å². The van der Waals surface area contributed by atoms with E-state index in [9.17, 15) is 9.59 Å². The van der Waals surface area contributed by atoms with Crippen LogP contribution < -0.4 is 5.32 Å². The van der Waals surface area contributed by atoms with Gasteiger partial charge in [0.1, 0.15) is 5.69 Å². The minimum atomic E-state index is -0.0829. The Labute approximate surface area is 130 Å². The van der Waals surface area contributed by atoms with Gasteiger partial charge in [-0.3, -0.25) is 9.59 Å². The maximum atomic E-state index is 12.6. The number of hydrogen-bond donors (Lipinski definition) is 2. The number of amides is 2. The summed E-state index contributed by atoms with van der Waals surface area (Å²) in [4.78, 5) is 33.8. The van der Waals surface area contributed by atoms with E-state index in [1.165, 1.54) is 12.8 Å². The number of H-pyrrole nitrogens is 1. The van der Waals surface area contributed by atoms with Gasteiger partial charge in [-0.15, -0.1) is 0 Å². The quantitative estimate of drug-likeness (QED) is 0.862. The van der Waals surface area contributed by atoms with Gasteiger partial charge in [-0.1, -0.05) is 6.92 Å². The third-order valence-corrected chi connectivity index (χ3v) is 4.62. The molecule has 0 aromatic carbocycles. The van der Waals surface area contributed by atoms with E-state index >= 15 is 0 Å². The Hall–Kier alpha value is -1.85. The fraction of sp³-hybridized carbons (Fsp3) is 0.688. The van der Waals surface area contributed by atoms with E-state index in [1.54, 1.807) is 11.2 Å². The van der Waals surface area contributed by atoms with Crippen LogP contribution in [0.25, 0.3) is 0 Å². The van der Waals surface area contributed by atoms with Gasteiger partial charge in [0.25, 0.3) is 5.91 Å². The molecule has 1 aliphatic carbocycles. The SMILES string of the molecule is CCc1[nH]cnc1C(=O)N1CCCC(C(=O)NCC2CC2)C1. The van der Waals surface area contributed by atoms with Gasteiger partial charge in [0, 0.05) is 25.3 Å². The molecule has 1 aromatic rings. The van der Waals surface area contributed by atoms with E-state index in [2.05, 4.69) is 15.3 Å². The zero-order valence-corrected chi connectivity index (χ0v) is 13.1. The first kappa shape index (κ1) is 15.1. The number of nitrogens with one attached hydrogen (secondary N) is 2. The molecule has 2 aliphatic rings. The minimum Gasteiger partial charge on any atom is -0.356 e. The average Bonchev–Trinajstić information content (AvgIpc) is 3.26. The molecule has 120 valence electrons. The number of nitrogens with zero attached hydrogens (tertiary/aromatic N) is 2. The van der Waals surface area contributed by atoms with Gasteiger partial charge >= 0.3 is 0 Å². The number of imidazole rings is 1. The van der Waals surface area contributed by atoms with Crippen molar-refractivity contribution in [2.45, 2.75) is 39.0 Å². The lowest BCUT2D eigenvalue weighted by Crippen LogP contribution is -2.46. The van der Waals surface area contributed by atoms with Crippen LogP contribution in [-0.4, -0.2) is 46.3 Å². The fourth-order valence-electron chi connectivity index (χ4n) is 3.01. The lowest BCUT2D eigenvalue weighted by Gasteiger charge is -2.31.